The summed E-state index contributed by atoms with van der Waals surface area (Å²) in [7, 11) is 3.08. The van der Waals surface area contributed by atoms with Crippen LogP contribution in [0.4, 0.5) is 17.5 Å². The molecule has 0 fully saturated rings. The summed E-state index contributed by atoms with van der Waals surface area (Å²) in [5, 5.41) is 13.9. The van der Waals surface area contributed by atoms with Crippen LogP contribution in [0.5, 0.6) is 11.5 Å². The van der Waals surface area contributed by atoms with E-state index in [0.717, 1.165) is 0 Å². The van der Waals surface area contributed by atoms with Crippen LogP contribution in [0, 0.1) is 0 Å². The van der Waals surface area contributed by atoms with E-state index in [4.69, 9.17) is 20.9 Å². The van der Waals surface area contributed by atoms with Crippen LogP contribution in [0.1, 0.15) is 17.3 Å². The molecule has 0 saturated heterocycles. The van der Waals surface area contributed by atoms with E-state index in [1.165, 1.54) is 10.7 Å². The van der Waals surface area contributed by atoms with Crippen molar-refractivity contribution in [3.05, 3.63) is 30.1 Å². The van der Waals surface area contributed by atoms with Gasteiger partial charge in [-0.25, -0.2) is 0 Å². The molecule has 11 nitrogen and oxygen atoms in total. The van der Waals surface area contributed by atoms with Crippen molar-refractivity contribution in [1.29, 1.82) is 0 Å². The van der Waals surface area contributed by atoms with E-state index < -0.39 is 12.1 Å². The number of benzene rings is 1. The van der Waals surface area contributed by atoms with Gasteiger partial charge in [0.2, 0.25) is 5.95 Å². The molecule has 3 aromatic rings. The molecule has 142 valence electrons. The third kappa shape index (κ3) is 3.67. The lowest BCUT2D eigenvalue weighted by atomic mass is 10.2. The molecule has 3 rings (SSSR count). The molecule has 27 heavy (non-hydrogen) atoms. The zero-order valence-corrected chi connectivity index (χ0v) is 15.1. The zero-order valence-electron chi connectivity index (χ0n) is 15.1. The first-order valence-electron chi connectivity index (χ1n) is 7.98. The predicted octanol–water partition coefficient (Wildman–Crippen LogP) is 0.701. The first-order chi connectivity index (χ1) is 12.9. The van der Waals surface area contributed by atoms with Gasteiger partial charge in [0, 0.05) is 23.9 Å². The summed E-state index contributed by atoms with van der Waals surface area (Å²) in [5.41, 5.74) is 12.3. The van der Waals surface area contributed by atoms with Gasteiger partial charge in [-0.2, -0.15) is 4.98 Å². The average molecular weight is 372 g/mol. The molecule has 11 heteroatoms. The second-order valence-electron chi connectivity index (χ2n) is 5.71. The van der Waals surface area contributed by atoms with E-state index >= 15 is 0 Å². The molecule has 0 saturated carbocycles. The lowest BCUT2D eigenvalue weighted by molar-refractivity contribution is 0.100. The number of hydrogen-bond acceptors (Lipinski definition) is 9. The fraction of sp³-hybridized carbons (Fsp3) is 0.250. The number of anilines is 3. The van der Waals surface area contributed by atoms with Gasteiger partial charge < -0.3 is 31.6 Å². The highest BCUT2D eigenvalue weighted by atomic mass is 16.5. The molecule has 1 atom stereocenters. The van der Waals surface area contributed by atoms with E-state index in [9.17, 15) is 4.79 Å². The summed E-state index contributed by atoms with van der Waals surface area (Å²) in [6.45, 7) is 1.75. The van der Waals surface area contributed by atoms with Crippen LogP contribution in [0.2, 0.25) is 0 Å². The number of nitrogens with two attached hydrogens (primary N) is 2. The van der Waals surface area contributed by atoms with Crippen LogP contribution >= 0.6 is 0 Å². The van der Waals surface area contributed by atoms with Crippen molar-refractivity contribution < 1.29 is 14.3 Å². The van der Waals surface area contributed by atoms with E-state index in [-0.39, 0.29) is 17.0 Å². The largest absolute Gasteiger partial charge is 0.497 e. The number of nitrogens with zero attached hydrogens (tertiary/aromatic N) is 4. The molecule has 2 aromatic heterocycles. The molecule has 0 aliphatic carbocycles. The minimum Gasteiger partial charge on any atom is -0.497 e. The van der Waals surface area contributed by atoms with Crippen molar-refractivity contribution in [2.75, 3.05) is 24.9 Å². The highest BCUT2D eigenvalue weighted by Crippen LogP contribution is 2.30. The van der Waals surface area contributed by atoms with Gasteiger partial charge in [-0.1, -0.05) is 0 Å². The van der Waals surface area contributed by atoms with E-state index in [0.29, 0.717) is 23.1 Å². The van der Waals surface area contributed by atoms with Crippen molar-refractivity contribution in [3.63, 3.8) is 0 Å². The van der Waals surface area contributed by atoms with Crippen molar-refractivity contribution in [2.24, 2.45) is 11.5 Å². The van der Waals surface area contributed by atoms with Gasteiger partial charge in [0.25, 0.3) is 5.91 Å². The van der Waals surface area contributed by atoms with Crippen LogP contribution in [0.25, 0.3) is 5.65 Å². The molecule has 0 bridgehead atoms. The number of ether oxygens (including phenoxy) is 2. The number of aromatic nitrogens is 4. The smallest absolute Gasteiger partial charge is 0.256 e. The van der Waals surface area contributed by atoms with Gasteiger partial charge in [0.15, 0.2) is 11.5 Å². The Morgan fingerprint density at radius 1 is 1.22 bits per heavy atom. The van der Waals surface area contributed by atoms with E-state index in [2.05, 4.69) is 25.8 Å². The lowest BCUT2D eigenvalue weighted by Crippen LogP contribution is -2.28. The molecule has 1 aromatic carbocycles. The molecule has 1 amide bonds. The summed E-state index contributed by atoms with van der Waals surface area (Å²) < 4.78 is 12.0. The Morgan fingerprint density at radius 2 is 1.89 bits per heavy atom. The number of methoxy groups -OCH3 is 2. The van der Waals surface area contributed by atoms with Gasteiger partial charge in [-0.3, -0.25) is 9.20 Å². The van der Waals surface area contributed by atoms with Gasteiger partial charge in [0.05, 0.1) is 20.4 Å². The van der Waals surface area contributed by atoms with Crippen LogP contribution in [0.3, 0.4) is 0 Å². The van der Waals surface area contributed by atoms with E-state index in [1.54, 1.807) is 39.3 Å². The summed E-state index contributed by atoms with van der Waals surface area (Å²) in [6.07, 6.45) is 1.02. The maximum Gasteiger partial charge on any atom is 0.256 e. The number of carbonyl (C=O) groups is 1. The SMILES string of the molecule is COc1cc(Nc2nc(NC(C)N)n3cnnc3c2C(N)=O)cc(OC)c1. The number of nitrogens with one attached hydrogen (secondary N) is 2. The van der Waals surface area contributed by atoms with Crippen molar-refractivity contribution in [2.45, 2.75) is 13.1 Å². The van der Waals surface area contributed by atoms with Crippen molar-refractivity contribution in [1.82, 2.24) is 19.6 Å². The molecule has 2 heterocycles. The number of primary amides is 1. The maximum absolute atomic E-state index is 12.1. The Bertz CT molecular complexity index is 963. The van der Waals surface area contributed by atoms with Crippen LogP contribution in [0.15, 0.2) is 24.5 Å². The number of rotatable bonds is 7. The maximum atomic E-state index is 12.1. The Kier molecular flexibility index (Phi) is 4.94. The molecular formula is C16H20N8O3. The van der Waals surface area contributed by atoms with Gasteiger partial charge >= 0.3 is 0 Å². The highest BCUT2D eigenvalue weighted by molar-refractivity contribution is 6.04. The van der Waals surface area contributed by atoms with Gasteiger partial charge in [0.1, 0.15) is 23.4 Å². The Balaban J connectivity index is 2.15. The normalized spacial score (nSPS) is 11.9. The fourth-order valence-electron chi connectivity index (χ4n) is 2.52. The minimum absolute atomic E-state index is 0.0875. The first-order valence-corrected chi connectivity index (χ1v) is 7.98. The molecule has 0 aliphatic rings. The number of fused-ring (bicyclic) bond motifs is 1. The Hall–Kier alpha value is -3.60. The molecule has 6 N–H and O–H groups in total. The summed E-state index contributed by atoms with van der Waals surface area (Å²) in [6, 6.07) is 5.17. The standard InChI is InChI=1S/C16H20N8O3/c1-8(17)20-16-22-14(12(13(18)25)15-23-19-7-24(15)16)21-9-4-10(26-2)6-11(5-9)27-3/h4-8,21H,17H2,1-3H3,(H2,18,25)(H,20,22). The second kappa shape index (κ2) is 7.33. The predicted molar refractivity (Wildman–Crippen MR) is 99.4 cm³/mol. The first kappa shape index (κ1) is 18.2. The lowest BCUT2D eigenvalue weighted by Gasteiger charge is -2.16. The van der Waals surface area contributed by atoms with Gasteiger partial charge in [-0.15, -0.1) is 10.2 Å². The van der Waals surface area contributed by atoms with E-state index in [1.807, 2.05) is 0 Å². The fourth-order valence-corrected chi connectivity index (χ4v) is 2.52. The molecule has 0 aliphatic heterocycles. The molecule has 0 spiro atoms. The number of amides is 1. The molecule has 1 unspecified atom stereocenters. The van der Waals surface area contributed by atoms with Gasteiger partial charge in [-0.05, 0) is 6.92 Å². The van der Waals surface area contributed by atoms with Crippen molar-refractivity contribution in [3.8, 4) is 11.5 Å². The quantitative estimate of drug-likeness (QED) is 0.439. The second-order valence-corrected chi connectivity index (χ2v) is 5.71. The molecule has 0 radical (unpaired) electrons. The summed E-state index contributed by atoms with van der Waals surface area (Å²) in [5.74, 6) is 0.976. The topological polar surface area (TPSA) is 155 Å². The Morgan fingerprint density at radius 3 is 2.44 bits per heavy atom. The summed E-state index contributed by atoms with van der Waals surface area (Å²) >= 11 is 0. The summed E-state index contributed by atoms with van der Waals surface area (Å²) in [4.78, 5) is 16.5. The number of hydrogen-bond donors (Lipinski definition) is 4. The third-order valence-electron chi connectivity index (χ3n) is 3.67. The van der Waals surface area contributed by atoms with Crippen LogP contribution < -0.4 is 31.6 Å². The van der Waals surface area contributed by atoms with Crippen LogP contribution in [-0.2, 0) is 0 Å². The van der Waals surface area contributed by atoms with Crippen LogP contribution in [-0.4, -0.2) is 45.9 Å². The Labute approximate surface area is 154 Å². The average Bonchev–Trinajstić information content (AvgIpc) is 3.10. The minimum atomic E-state index is -0.704. The van der Waals surface area contributed by atoms with Crippen molar-refractivity contribution >= 4 is 29.0 Å². The number of carbonyl (C=O) groups excluding carboxylic acids is 1. The molecular weight excluding hydrogens is 352 g/mol. The monoisotopic (exact) mass is 372 g/mol. The third-order valence-corrected chi connectivity index (χ3v) is 3.67. The zero-order chi connectivity index (χ0) is 19.6. The highest BCUT2D eigenvalue weighted by Gasteiger charge is 2.21.